The van der Waals surface area contributed by atoms with E-state index in [1.165, 1.54) is 17.4 Å². The van der Waals surface area contributed by atoms with Gasteiger partial charge in [-0.1, -0.05) is 18.5 Å². The highest BCUT2D eigenvalue weighted by molar-refractivity contribution is 6.30. The molecule has 0 radical (unpaired) electrons. The van der Waals surface area contributed by atoms with Gasteiger partial charge in [0.15, 0.2) is 0 Å². The summed E-state index contributed by atoms with van der Waals surface area (Å²) < 4.78 is 1.26. The van der Waals surface area contributed by atoms with E-state index in [2.05, 4.69) is 9.88 Å². The summed E-state index contributed by atoms with van der Waals surface area (Å²) >= 11 is 5.89. The Morgan fingerprint density at radius 2 is 2.11 bits per heavy atom. The van der Waals surface area contributed by atoms with Gasteiger partial charge in [0.05, 0.1) is 5.56 Å². The highest BCUT2D eigenvalue weighted by Gasteiger charge is 2.29. The Kier molecular flexibility index (Phi) is 4.16. The third-order valence-corrected chi connectivity index (χ3v) is 4.17. The van der Waals surface area contributed by atoms with Crippen molar-refractivity contribution < 1.29 is 0 Å². The minimum absolute atomic E-state index is 0.150. The maximum absolute atomic E-state index is 12.2. The topological polar surface area (TPSA) is 58.1 Å². The first-order chi connectivity index (χ1) is 8.95. The number of aromatic amines is 1. The van der Waals surface area contributed by atoms with Gasteiger partial charge in [0.2, 0.25) is 0 Å². The third-order valence-electron chi connectivity index (χ3n) is 3.85. The fourth-order valence-electron chi connectivity index (χ4n) is 2.29. The van der Waals surface area contributed by atoms with E-state index >= 15 is 0 Å². The molecule has 1 aliphatic carbocycles. The van der Waals surface area contributed by atoms with E-state index in [4.69, 9.17) is 11.6 Å². The van der Waals surface area contributed by atoms with Crippen molar-refractivity contribution in [2.75, 3.05) is 7.05 Å². The van der Waals surface area contributed by atoms with Crippen LogP contribution in [0.3, 0.4) is 0 Å². The fourth-order valence-corrected chi connectivity index (χ4v) is 2.59. The molecular formula is C13H20ClN3O2. The summed E-state index contributed by atoms with van der Waals surface area (Å²) in [5.74, 6) is 0. The molecule has 0 spiro atoms. The smallest absolute Gasteiger partial charge is 0.299 e. The Morgan fingerprint density at radius 1 is 1.47 bits per heavy atom. The fraction of sp³-hybridized carbons (Fsp3) is 0.692. The van der Waals surface area contributed by atoms with Gasteiger partial charge in [-0.05, 0) is 33.2 Å². The molecule has 1 saturated carbocycles. The number of aromatic nitrogens is 2. The Labute approximate surface area is 117 Å². The van der Waals surface area contributed by atoms with E-state index in [0.29, 0.717) is 24.6 Å². The van der Waals surface area contributed by atoms with Crippen LogP contribution in [0.15, 0.2) is 9.59 Å². The van der Waals surface area contributed by atoms with Crippen molar-refractivity contribution in [2.24, 2.45) is 0 Å². The van der Waals surface area contributed by atoms with Gasteiger partial charge < -0.3 is 0 Å². The lowest BCUT2D eigenvalue weighted by Gasteiger charge is -2.24. The van der Waals surface area contributed by atoms with Crippen LogP contribution in [0, 0.1) is 0 Å². The summed E-state index contributed by atoms with van der Waals surface area (Å²) in [6, 6.07) is 0.750. The van der Waals surface area contributed by atoms with Crippen LogP contribution in [-0.2, 0) is 13.0 Å². The van der Waals surface area contributed by atoms with Crippen LogP contribution in [0.5, 0.6) is 0 Å². The van der Waals surface area contributed by atoms with Crippen molar-refractivity contribution in [1.82, 2.24) is 14.5 Å². The van der Waals surface area contributed by atoms with E-state index in [1.54, 1.807) is 0 Å². The number of likely N-dealkylation sites (N-methyl/N-ethyl adjacent to an activating group) is 1. The summed E-state index contributed by atoms with van der Waals surface area (Å²) in [5.41, 5.74) is -0.224. The molecule has 1 atom stereocenters. The molecule has 0 saturated heterocycles. The lowest BCUT2D eigenvalue weighted by molar-refractivity contribution is 0.222. The van der Waals surface area contributed by atoms with E-state index in [0.717, 1.165) is 0 Å². The molecule has 5 nitrogen and oxygen atoms in total. The van der Waals surface area contributed by atoms with Gasteiger partial charge >= 0.3 is 5.69 Å². The Morgan fingerprint density at radius 3 is 2.63 bits per heavy atom. The standard InChI is InChI=1S/C13H20ClN3O2/c1-4-10-11(14)15-13(19)17(12(10)18)7-8(2)16(3)9-5-6-9/h8-9H,4-7H2,1-3H3,(H,15,19). The third kappa shape index (κ3) is 2.92. The predicted molar refractivity (Wildman–Crippen MR) is 76.0 cm³/mol. The van der Waals surface area contributed by atoms with Crippen molar-refractivity contribution in [2.45, 2.75) is 51.7 Å². The molecular weight excluding hydrogens is 266 g/mol. The summed E-state index contributed by atoms with van der Waals surface area (Å²) in [6.07, 6.45) is 2.92. The van der Waals surface area contributed by atoms with Crippen molar-refractivity contribution in [3.63, 3.8) is 0 Å². The molecule has 1 aromatic rings. The van der Waals surface area contributed by atoms with Crippen LogP contribution >= 0.6 is 11.6 Å². The second-order valence-electron chi connectivity index (χ2n) is 5.24. The minimum atomic E-state index is -0.428. The molecule has 6 heteroatoms. The zero-order chi connectivity index (χ0) is 14.2. The maximum atomic E-state index is 12.2. The van der Waals surface area contributed by atoms with E-state index in [1.807, 2.05) is 20.9 Å². The van der Waals surface area contributed by atoms with Gasteiger partial charge in [0.25, 0.3) is 5.56 Å². The number of nitrogens with one attached hydrogen (secondary N) is 1. The van der Waals surface area contributed by atoms with Gasteiger partial charge in [0, 0.05) is 18.6 Å². The van der Waals surface area contributed by atoms with Gasteiger partial charge in [-0.25, -0.2) is 4.79 Å². The Bertz CT molecular complexity index is 574. The van der Waals surface area contributed by atoms with Gasteiger partial charge in [-0.2, -0.15) is 0 Å². The van der Waals surface area contributed by atoms with Crippen LogP contribution in [0.25, 0.3) is 0 Å². The monoisotopic (exact) mass is 285 g/mol. The first-order valence-corrected chi connectivity index (χ1v) is 7.07. The number of hydrogen-bond donors (Lipinski definition) is 1. The lowest BCUT2D eigenvalue weighted by atomic mass is 10.2. The van der Waals surface area contributed by atoms with Crippen LogP contribution in [0.2, 0.25) is 5.15 Å². The Hall–Kier alpha value is -1.07. The molecule has 1 unspecified atom stereocenters. The average molecular weight is 286 g/mol. The summed E-state index contributed by atoms with van der Waals surface area (Å²) in [5, 5.41) is 0.164. The highest BCUT2D eigenvalue weighted by Crippen LogP contribution is 2.27. The minimum Gasteiger partial charge on any atom is -0.299 e. The van der Waals surface area contributed by atoms with E-state index in [-0.39, 0.29) is 16.8 Å². The second-order valence-corrected chi connectivity index (χ2v) is 5.62. The number of H-pyrrole nitrogens is 1. The van der Waals surface area contributed by atoms with Crippen LogP contribution in [0.4, 0.5) is 0 Å². The molecule has 0 bridgehead atoms. The van der Waals surface area contributed by atoms with E-state index < -0.39 is 5.69 Å². The first kappa shape index (κ1) is 14.3. The number of halogens is 1. The Balaban J connectivity index is 2.29. The number of nitrogens with zero attached hydrogens (tertiary/aromatic N) is 2. The molecule has 0 amide bonds. The summed E-state index contributed by atoms with van der Waals surface area (Å²) in [4.78, 5) is 28.9. The van der Waals surface area contributed by atoms with E-state index in [9.17, 15) is 9.59 Å². The van der Waals surface area contributed by atoms with Crippen molar-refractivity contribution in [3.05, 3.63) is 31.6 Å². The molecule has 19 heavy (non-hydrogen) atoms. The molecule has 106 valence electrons. The normalized spacial score (nSPS) is 16.9. The summed E-state index contributed by atoms with van der Waals surface area (Å²) in [7, 11) is 2.04. The van der Waals surface area contributed by atoms with Crippen LogP contribution < -0.4 is 11.2 Å². The zero-order valence-electron chi connectivity index (χ0n) is 11.6. The van der Waals surface area contributed by atoms with Crippen molar-refractivity contribution >= 4 is 11.6 Å². The molecule has 1 aliphatic rings. The van der Waals surface area contributed by atoms with Gasteiger partial charge in [-0.15, -0.1) is 0 Å². The second kappa shape index (κ2) is 5.51. The number of rotatable bonds is 5. The molecule has 0 aromatic carbocycles. The highest BCUT2D eigenvalue weighted by atomic mass is 35.5. The molecule has 1 fully saturated rings. The van der Waals surface area contributed by atoms with Crippen LogP contribution in [0.1, 0.15) is 32.3 Å². The summed E-state index contributed by atoms with van der Waals surface area (Å²) in [6.45, 7) is 4.28. The molecule has 1 aromatic heterocycles. The zero-order valence-corrected chi connectivity index (χ0v) is 12.3. The maximum Gasteiger partial charge on any atom is 0.329 e. The SMILES string of the molecule is CCc1c(Cl)[nH]c(=O)n(CC(C)N(C)C2CC2)c1=O. The van der Waals surface area contributed by atoms with Gasteiger partial charge in [0.1, 0.15) is 5.15 Å². The molecule has 2 rings (SSSR count). The molecule has 1 N–H and O–H groups in total. The quantitative estimate of drug-likeness (QED) is 0.828. The first-order valence-electron chi connectivity index (χ1n) is 6.69. The molecule has 1 heterocycles. The van der Waals surface area contributed by atoms with Crippen LogP contribution in [-0.4, -0.2) is 33.6 Å². The van der Waals surface area contributed by atoms with Gasteiger partial charge in [-0.3, -0.25) is 19.2 Å². The largest absolute Gasteiger partial charge is 0.329 e. The molecule has 0 aliphatic heterocycles. The average Bonchev–Trinajstić information content (AvgIpc) is 3.17. The number of hydrogen-bond acceptors (Lipinski definition) is 3. The van der Waals surface area contributed by atoms with Crippen molar-refractivity contribution in [1.29, 1.82) is 0 Å². The predicted octanol–water partition coefficient (Wildman–Crippen LogP) is 1.24. The lowest BCUT2D eigenvalue weighted by Crippen LogP contribution is -2.44. The van der Waals surface area contributed by atoms with Crippen molar-refractivity contribution in [3.8, 4) is 0 Å².